The topological polar surface area (TPSA) is 32.3 Å². The molecule has 3 nitrogen and oxygen atoms in total. The zero-order valence-corrected chi connectivity index (χ0v) is 22.0. The quantitative estimate of drug-likeness (QED) is 0.393. The molecule has 1 heterocycles. The molecule has 3 rings (SSSR count). The second-order valence-corrected chi connectivity index (χ2v) is 9.41. The van der Waals surface area contributed by atoms with Crippen LogP contribution in [0.4, 0.5) is 8.78 Å². The molecule has 192 valence electrons. The Kier molecular flexibility index (Phi) is 11.0. The lowest BCUT2D eigenvalue weighted by atomic mass is 9.80. The van der Waals surface area contributed by atoms with Gasteiger partial charge in [0.2, 0.25) is 5.91 Å². The van der Waals surface area contributed by atoms with Crippen molar-refractivity contribution in [3.05, 3.63) is 114 Å². The SMILES string of the molecule is C=C/C=C(\C=C/C)C(C)(C)CCNC.CC(=O)N1CC(c2cc(F)ccc2F)=CC1c1ccccc1. The van der Waals surface area contributed by atoms with E-state index in [-0.39, 0.29) is 29.5 Å². The van der Waals surface area contributed by atoms with Crippen molar-refractivity contribution in [3.8, 4) is 0 Å². The molecule has 0 spiro atoms. The molecule has 0 fully saturated rings. The molecule has 1 unspecified atom stereocenters. The Hall–Kier alpha value is -3.31. The molecular formula is C31H38F2N2O. The van der Waals surface area contributed by atoms with Crippen LogP contribution in [0, 0.1) is 17.0 Å². The molecule has 1 N–H and O–H groups in total. The van der Waals surface area contributed by atoms with Crippen LogP contribution in [0.15, 0.2) is 91.1 Å². The van der Waals surface area contributed by atoms with Crippen molar-refractivity contribution in [1.29, 1.82) is 0 Å². The summed E-state index contributed by atoms with van der Waals surface area (Å²) < 4.78 is 27.4. The molecule has 0 bridgehead atoms. The van der Waals surface area contributed by atoms with Crippen molar-refractivity contribution in [2.75, 3.05) is 20.1 Å². The molecule has 36 heavy (non-hydrogen) atoms. The minimum Gasteiger partial charge on any atom is -0.328 e. The summed E-state index contributed by atoms with van der Waals surface area (Å²) in [4.78, 5) is 13.5. The zero-order chi connectivity index (χ0) is 26.7. The van der Waals surface area contributed by atoms with Crippen molar-refractivity contribution < 1.29 is 13.6 Å². The van der Waals surface area contributed by atoms with Crippen LogP contribution in [-0.2, 0) is 4.79 Å². The fourth-order valence-electron chi connectivity index (χ4n) is 4.16. The molecule has 1 aliphatic rings. The summed E-state index contributed by atoms with van der Waals surface area (Å²) >= 11 is 0. The zero-order valence-electron chi connectivity index (χ0n) is 22.0. The molecule has 1 aliphatic heterocycles. The maximum absolute atomic E-state index is 14.0. The van der Waals surface area contributed by atoms with E-state index in [0.717, 1.165) is 30.7 Å². The Morgan fingerprint density at radius 3 is 2.47 bits per heavy atom. The third-order valence-corrected chi connectivity index (χ3v) is 6.28. The van der Waals surface area contributed by atoms with Gasteiger partial charge in [-0.25, -0.2) is 8.78 Å². The van der Waals surface area contributed by atoms with Crippen LogP contribution in [0.2, 0.25) is 0 Å². The molecule has 0 radical (unpaired) electrons. The first kappa shape index (κ1) is 28.9. The summed E-state index contributed by atoms with van der Waals surface area (Å²) in [7, 11) is 1.99. The Morgan fingerprint density at radius 1 is 1.19 bits per heavy atom. The molecule has 5 heteroatoms. The number of hydrogen-bond acceptors (Lipinski definition) is 2. The first-order chi connectivity index (χ1) is 17.1. The van der Waals surface area contributed by atoms with Gasteiger partial charge in [0, 0.05) is 19.0 Å². The van der Waals surface area contributed by atoms with Gasteiger partial charge in [-0.1, -0.05) is 81.1 Å². The van der Waals surface area contributed by atoms with E-state index in [1.807, 2.05) is 56.5 Å². The smallest absolute Gasteiger partial charge is 0.220 e. The molecule has 0 aromatic heterocycles. The third-order valence-electron chi connectivity index (χ3n) is 6.28. The molecule has 0 aliphatic carbocycles. The predicted octanol–water partition coefficient (Wildman–Crippen LogP) is 7.26. The first-order valence-corrected chi connectivity index (χ1v) is 12.2. The Balaban J connectivity index is 0.000000284. The average Bonchev–Trinajstić information content (AvgIpc) is 3.31. The number of benzene rings is 2. The van der Waals surface area contributed by atoms with E-state index in [4.69, 9.17) is 0 Å². The highest BCUT2D eigenvalue weighted by Crippen LogP contribution is 2.35. The van der Waals surface area contributed by atoms with Crippen molar-refractivity contribution in [3.63, 3.8) is 0 Å². The minimum absolute atomic E-state index is 0.100. The average molecular weight is 493 g/mol. The number of carbonyl (C=O) groups excluding carboxylic acids is 1. The van der Waals surface area contributed by atoms with Gasteiger partial charge in [-0.05, 0) is 67.3 Å². The molecule has 2 aromatic carbocycles. The number of rotatable bonds is 8. The second-order valence-electron chi connectivity index (χ2n) is 9.41. The van der Waals surface area contributed by atoms with Crippen LogP contribution in [0.1, 0.15) is 51.3 Å². The Morgan fingerprint density at radius 2 is 1.89 bits per heavy atom. The molecule has 0 saturated carbocycles. The summed E-state index contributed by atoms with van der Waals surface area (Å²) in [5.41, 5.74) is 3.34. The lowest BCUT2D eigenvalue weighted by Gasteiger charge is -2.26. The maximum Gasteiger partial charge on any atom is 0.220 e. The van der Waals surface area contributed by atoms with Crippen molar-refractivity contribution in [2.24, 2.45) is 5.41 Å². The lowest BCUT2D eigenvalue weighted by Crippen LogP contribution is -2.29. The molecule has 0 saturated heterocycles. The normalized spacial score (nSPS) is 16.0. The summed E-state index contributed by atoms with van der Waals surface area (Å²) in [6.07, 6.45) is 11.2. The van der Waals surface area contributed by atoms with Gasteiger partial charge in [0.05, 0.1) is 6.04 Å². The molecule has 2 aromatic rings. The molecule has 1 amide bonds. The van der Waals surface area contributed by atoms with Crippen LogP contribution < -0.4 is 5.32 Å². The van der Waals surface area contributed by atoms with Gasteiger partial charge >= 0.3 is 0 Å². The highest BCUT2D eigenvalue weighted by Gasteiger charge is 2.29. The lowest BCUT2D eigenvalue weighted by molar-refractivity contribution is -0.129. The van der Waals surface area contributed by atoms with E-state index >= 15 is 0 Å². The maximum atomic E-state index is 14.0. The summed E-state index contributed by atoms with van der Waals surface area (Å²) in [5.74, 6) is -1.07. The standard InChI is InChI=1S/C18H15F2NO.C13H23N/c1-12(22)21-11-14(16-10-15(19)7-8-17(16)20)9-18(21)13-5-3-2-4-6-13;1-6-8-12(9-7-2)13(3,4)10-11-14-5/h2-10,18H,11H2,1H3;6-9,14H,1,10-11H2,2-5H3/b;9-7-,12-8+. The van der Waals surface area contributed by atoms with Crippen LogP contribution in [0.25, 0.3) is 5.57 Å². The van der Waals surface area contributed by atoms with Crippen LogP contribution in [-0.4, -0.2) is 30.9 Å². The molecule has 1 atom stereocenters. The highest BCUT2D eigenvalue weighted by atomic mass is 19.1. The number of nitrogens with one attached hydrogen (secondary N) is 1. The fourth-order valence-corrected chi connectivity index (χ4v) is 4.16. The number of halogens is 2. The van der Waals surface area contributed by atoms with Crippen LogP contribution in [0.5, 0.6) is 0 Å². The minimum atomic E-state index is -0.491. The molecular weight excluding hydrogens is 454 g/mol. The van der Waals surface area contributed by atoms with Crippen molar-refractivity contribution in [2.45, 2.75) is 40.2 Å². The van der Waals surface area contributed by atoms with Gasteiger partial charge in [0.1, 0.15) is 11.6 Å². The van der Waals surface area contributed by atoms with Crippen LogP contribution >= 0.6 is 0 Å². The van der Waals surface area contributed by atoms with Crippen LogP contribution in [0.3, 0.4) is 0 Å². The Labute approximate surface area is 214 Å². The van der Waals surface area contributed by atoms with Gasteiger partial charge < -0.3 is 10.2 Å². The predicted molar refractivity (Wildman–Crippen MR) is 146 cm³/mol. The third kappa shape index (κ3) is 7.85. The number of carbonyl (C=O) groups is 1. The summed E-state index contributed by atoms with van der Waals surface area (Å²) in [6.45, 7) is 13.1. The van der Waals surface area contributed by atoms with Crippen molar-refractivity contribution >= 4 is 11.5 Å². The van der Waals surface area contributed by atoms with Gasteiger partial charge in [0.25, 0.3) is 0 Å². The van der Waals surface area contributed by atoms with E-state index in [9.17, 15) is 13.6 Å². The largest absolute Gasteiger partial charge is 0.328 e. The Bertz CT molecular complexity index is 1120. The van der Waals surface area contributed by atoms with E-state index in [1.54, 1.807) is 4.90 Å². The number of hydrogen-bond donors (Lipinski definition) is 1. The van der Waals surface area contributed by atoms with E-state index in [0.29, 0.717) is 5.57 Å². The highest BCUT2D eigenvalue weighted by molar-refractivity contribution is 5.81. The van der Waals surface area contributed by atoms with E-state index in [1.165, 1.54) is 18.6 Å². The fraction of sp³-hybridized carbons (Fsp3) is 0.323. The van der Waals surface area contributed by atoms with E-state index in [2.05, 4.69) is 44.0 Å². The first-order valence-electron chi connectivity index (χ1n) is 12.2. The summed E-state index contributed by atoms with van der Waals surface area (Å²) in [5, 5.41) is 3.19. The monoisotopic (exact) mass is 492 g/mol. The van der Waals surface area contributed by atoms with E-state index < -0.39 is 11.6 Å². The van der Waals surface area contributed by atoms with Gasteiger partial charge in [-0.2, -0.15) is 0 Å². The van der Waals surface area contributed by atoms with Gasteiger partial charge in [-0.15, -0.1) is 0 Å². The second kappa shape index (κ2) is 13.7. The van der Waals surface area contributed by atoms with Gasteiger partial charge in [-0.3, -0.25) is 4.79 Å². The summed E-state index contributed by atoms with van der Waals surface area (Å²) in [6, 6.07) is 12.6. The van der Waals surface area contributed by atoms with Crippen molar-refractivity contribution in [1.82, 2.24) is 10.2 Å². The van der Waals surface area contributed by atoms with Gasteiger partial charge in [0.15, 0.2) is 0 Å². The number of nitrogens with zero attached hydrogens (tertiary/aromatic N) is 1. The number of amides is 1. The number of allylic oxidation sites excluding steroid dienone is 5.